The molecular weight excluding hydrogens is 236 g/mol. The number of fused-ring (bicyclic) bond motifs is 1. The van der Waals surface area contributed by atoms with Crippen molar-refractivity contribution in [2.75, 3.05) is 6.54 Å². The molecule has 96 valence electrons. The lowest BCUT2D eigenvalue weighted by Crippen LogP contribution is -2.16. The predicted octanol–water partition coefficient (Wildman–Crippen LogP) is 2.13. The van der Waals surface area contributed by atoms with Gasteiger partial charge in [-0.15, -0.1) is 10.2 Å². The zero-order valence-electron chi connectivity index (χ0n) is 10.8. The number of hydrogen-bond acceptors (Lipinski definition) is 3. The smallest absolute Gasteiger partial charge is 0.161 e. The SMILES string of the molecule is Cc1ccn2c(C(CN)c3ccccc3)nnc2c1. The summed E-state index contributed by atoms with van der Waals surface area (Å²) in [7, 11) is 0. The summed E-state index contributed by atoms with van der Waals surface area (Å²) in [5, 5.41) is 8.55. The van der Waals surface area contributed by atoms with Crippen molar-refractivity contribution < 1.29 is 0 Å². The molecule has 0 amide bonds. The number of nitrogens with two attached hydrogens (primary N) is 1. The van der Waals surface area contributed by atoms with E-state index in [4.69, 9.17) is 5.73 Å². The van der Waals surface area contributed by atoms with Crippen molar-refractivity contribution >= 4 is 5.65 Å². The summed E-state index contributed by atoms with van der Waals surface area (Å²) in [4.78, 5) is 0. The molecule has 0 radical (unpaired) electrons. The van der Waals surface area contributed by atoms with E-state index in [0.717, 1.165) is 11.5 Å². The third-order valence-corrected chi connectivity index (χ3v) is 3.34. The standard InChI is InChI=1S/C15H16N4/c1-11-7-8-19-14(9-11)17-18-15(19)13(10-16)12-5-3-2-4-6-12/h2-9,13H,10,16H2,1H3. The summed E-state index contributed by atoms with van der Waals surface area (Å²) < 4.78 is 2.01. The Morgan fingerprint density at radius 3 is 2.68 bits per heavy atom. The van der Waals surface area contributed by atoms with Crippen LogP contribution in [-0.4, -0.2) is 21.1 Å². The summed E-state index contributed by atoms with van der Waals surface area (Å²) in [5.41, 5.74) is 9.14. The Bertz CT molecular complexity index is 688. The Labute approximate surface area is 111 Å². The number of hydrogen-bond donors (Lipinski definition) is 1. The summed E-state index contributed by atoms with van der Waals surface area (Å²) in [6.07, 6.45) is 2.01. The van der Waals surface area contributed by atoms with Crippen LogP contribution in [0.3, 0.4) is 0 Å². The monoisotopic (exact) mass is 252 g/mol. The minimum atomic E-state index is 0.0684. The van der Waals surface area contributed by atoms with Gasteiger partial charge in [0.05, 0.1) is 5.92 Å². The number of pyridine rings is 1. The number of nitrogens with zero attached hydrogens (tertiary/aromatic N) is 3. The van der Waals surface area contributed by atoms with Crippen LogP contribution in [0.25, 0.3) is 5.65 Å². The van der Waals surface area contributed by atoms with Gasteiger partial charge in [0.15, 0.2) is 5.65 Å². The maximum atomic E-state index is 5.94. The topological polar surface area (TPSA) is 56.2 Å². The maximum Gasteiger partial charge on any atom is 0.161 e. The van der Waals surface area contributed by atoms with Gasteiger partial charge in [0.2, 0.25) is 0 Å². The molecule has 0 bridgehead atoms. The average Bonchev–Trinajstić information content (AvgIpc) is 2.84. The molecular formula is C15H16N4. The van der Waals surface area contributed by atoms with Crippen LogP contribution < -0.4 is 5.73 Å². The largest absolute Gasteiger partial charge is 0.329 e. The summed E-state index contributed by atoms with van der Waals surface area (Å²) >= 11 is 0. The van der Waals surface area contributed by atoms with Crippen molar-refractivity contribution in [3.63, 3.8) is 0 Å². The van der Waals surface area contributed by atoms with E-state index < -0.39 is 0 Å². The van der Waals surface area contributed by atoms with E-state index in [9.17, 15) is 0 Å². The fraction of sp³-hybridized carbons (Fsp3) is 0.200. The molecule has 0 spiro atoms. The van der Waals surface area contributed by atoms with Crippen LogP contribution in [-0.2, 0) is 0 Å². The highest BCUT2D eigenvalue weighted by atomic mass is 15.2. The van der Waals surface area contributed by atoms with Crippen molar-refractivity contribution in [1.29, 1.82) is 0 Å². The van der Waals surface area contributed by atoms with Gasteiger partial charge in [-0.2, -0.15) is 0 Å². The first kappa shape index (κ1) is 11.9. The molecule has 0 aliphatic heterocycles. The first-order chi connectivity index (χ1) is 9.29. The van der Waals surface area contributed by atoms with Crippen LogP contribution in [0.15, 0.2) is 48.7 Å². The van der Waals surface area contributed by atoms with Gasteiger partial charge in [-0.1, -0.05) is 30.3 Å². The fourth-order valence-electron chi connectivity index (χ4n) is 2.32. The van der Waals surface area contributed by atoms with E-state index in [1.54, 1.807) is 0 Å². The average molecular weight is 252 g/mol. The molecule has 2 aromatic heterocycles. The molecule has 0 saturated heterocycles. The molecule has 1 atom stereocenters. The van der Waals surface area contributed by atoms with Gasteiger partial charge in [-0.3, -0.25) is 4.40 Å². The van der Waals surface area contributed by atoms with Crippen molar-refractivity contribution in [3.05, 3.63) is 65.6 Å². The third-order valence-electron chi connectivity index (χ3n) is 3.34. The van der Waals surface area contributed by atoms with E-state index in [2.05, 4.69) is 28.4 Å². The van der Waals surface area contributed by atoms with Crippen molar-refractivity contribution in [3.8, 4) is 0 Å². The lowest BCUT2D eigenvalue weighted by molar-refractivity contribution is 0.737. The van der Waals surface area contributed by atoms with Gasteiger partial charge >= 0.3 is 0 Å². The molecule has 0 aliphatic rings. The summed E-state index contributed by atoms with van der Waals surface area (Å²) in [5.74, 6) is 0.961. The summed E-state index contributed by atoms with van der Waals surface area (Å²) in [6, 6.07) is 14.3. The quantitative estimate of drug-likeness (QED) is 0.777. The zero-order chi connectivity index (χ0) is 13.2. The van der Waals surface area contributed by atoms with Gasteiger partial charge in [0.1, 0.15) is 5.82 Å². The van der Waals surface area contributed by atoms with Crippen LogP contribution in [0.5, 0.6) is 0 Å². The molecule has 3 rings (SSSR count). The molecule has 0 fully saturated rings. The predicted molar refractivity (Wildman–Crippen MR) is 75.1 cm³/mol. The Hall–Kier alpha value is -2.20. The molecule has 2 heterocycles. The van der Waals surface area contributed by atoms with Gasteiger partial charge in [0, 0.05) is 12.7 Å². The molecule has 1 aromatic carbocycles. The second-order valence-electron chi connectivity index (χ2n) is 4.69. The molecule has 2 N–H and O–H groups in total. The number of aryl methyl sites for hydroxylation is 1. The lowest BCUT2D eigenvalue weighted by Gasteiger charge is -2.13. The Morgan fingerprint density at radius 2 is 1.95 bits per heavy atom. The molecule has 0 aliphatic carbocycles. The van der Waals surface area contributed by atoms with E-state index in [1.165, 1.54) is 11.1 Å². The third kappa shape index (κ3) is 2.11. The minimum absolute atomic E-state index is 0.0684. The van der Waals surface area contributed by atoms with Crippen molar-refractivity contribution in [1.82, 2.24) is 14.6 Å². The highest BCUT2D eigenvalue weighted by Crippen LogP contribution is 2.22. The number of aromatic nitrogens is 3. The molecule has 4 nitrogen and oxygen atoms in total. The van der Waals surface area contributed by atoms with E-state index in [1.807, 2.05) is 41.8 Å². The molecule has 1 unspecified atom stereocenters. The lowest BCUT2D eigenvalue weighted by atomic mass is 9.98. The normalized spacial score (nSPS) is 12.7. The molecule has 19 heavy (non-hydrogen) atoms. The minimum Gasteiger partial charge on any atom is -0.329 e. The number of benzene rings is 1. The Balaban J connectivity index is 2.12. The van der Waals surface area contributed by atoms with Crippen LogP contribution in [0.2, 0.25) is 0 Å². The van der Waals surface area contributed by atoms with Crippen LogP contribution in [0, 0.1) is 6.92 Å². The van der Waals surface area contributed by atoms with Crippen LogP contribution in [0.1, 0.15) is 22.9 Å². The van der Waals surface area contributed by atoms with Gasteiger partial charge in [-0.05, 0) is 30.2 Å². The van der Waals surface area contributed by atoms with Crippen molar-refractivity contribution in [2.24, 2.45) is 5.73 Å². The van der Waals surface area contributed by atoms with E-state index >= 15 is 0 Å². The first-order valence-electron chi connectivity index (χ1n) is 6.36. The summed E-state index contributed by atoms with van der Waals surface area (Å²) in [6.45, 7) is 2.56. The van der Waals surface area contributed by atoms with E-state index in [0.29, 0.717) is 6.54 Å². The second kappa shape index (κ2) is 4.82. The number of rotatable bonds is 3. The Kier molecular flexibility index (Phi) is 3.01. The maximum absolute atomic E-state index is 5.94. The van der Waals surface area contributed by atoms with Gasteiger partial charge in [0.25, 0.3) is 0 Å². The van der Waals surface area contributed by atoms with E-state index in [-0.39, 0.29) is 5.92 Å². The molecule has 0 saturated carbocycles. The second-order valence-corrected chi connectivity index (χ2v) is 4.69. The Morgan fingerprint density at radius 1 is 1.16 bits per heavy atom. The van der Waals surface area contributed by atoms with Gasteiger partial charge in [-0.25, -0.2) is 0 Å². The van der Waals surface area contributed by atoms with Crippen LogP contribution >= 0.6 is 0 Å². The first-order valence-corrected chi connectivity index (χ1v) is 6.36. The van der Waals surface area contributed by atoms with Gasteiger partial charge < -0.3 is 5.73 Å². The highest BCUT2D eigenvalue weighted by Gasteiger charge is 2.18. The zero-order valence-corrected chi connectivity index (χ0v) is 10.8. The van der Waals surface area contributed by atoms with Crippen molar-refractivity contribution in [2.45, 2.75) is 12.8 Å². The fourth-order valence-corrected chi connectivity index (χ4v) is 2.32. The molecule has 4 heteroatoms. The molecule has 3 aromatic rings. The highest BCUT2D eigenvalue weighted by molar-refractivity contribution is 5.42. The van der Waals surface area contributed by atoms with Crippen LogP contribution in [0.4, 0.5) is 0 Å².